The Labute approximate surface area is 77.3 Å². The molecular formula is C8H14N4O. The molecule has 1 heterocycles. The molecule has 5 heteroatoms. The van der Waals surface area contributed by atoms with Crippen molar-refractivity contribution in [3.05, 3.63) is 12.5 Å². The Morgan fingerprint density at radius 2 is 2.46 bits per heavy atom. The molecule has 0 radical (unpaired) electrons. The standard InChI is InChI=1S/C8H14N4O/c1-6(9)3-11-8-7(13-2)4-10-5-12-8/h4-6H,3,9H2,1-2H3,(H,10,11,12). The molecule has 13 heavy (non-hydrogen) atoms. The van der Waals surface area contributed by atoms with Crippen molar-refractivity contribution in [1.29, 1.82) is 0 Å². The molecule has 3 N–H and O–H groups in total. The van der Waals surface area contributed by atoms with Gasteiger partial charge in [0.2, 0.25) is 0 Å². The van der Waals surface area contributed by atoms with Crippen LogP contribution in [0.2, 0.25) is 0 Å². The topological polar surface area (TPSA) is 73.1 Å². The Bertz CT molecular complexity index is 264. The Kier molecular flexibility index (Phi) is 3.45. The summed E-state index contributed by atoms with van der Waals surface area (Å²) in [6, 6.07) is 0.0830. The number of methoxy groups -OCH3 is 1. The number of nitrogens with one attached hydrogen (secondary N) is 1. The van der Waals surface area contributed by atoms with E-state index in [1.54, 1.807) is 13.3 Å². The molecule has 0 saturated heterocycles. The number of rotatable bonds is 4. The molecule has 72 valence electrons. The second kappa shape index (κ2) is 4.61. The van der Waals surface area contributed by atoms with Crippen LogP contribution in [0.15, 0.2) is 12.5 Å². The molecule has 1 atom stereocenters. The van der Waals surface area contributed by atoms with Gasteiger partial charge in [-0.3, -0.25) is 0 Å². The predicted octanol–water partition coefficient (Wildman–Crippen LogP) is 0.244. The van der Waals surface area contributed by atoms with Crippen molar-refractivity contribution in [2.45, 2.75) is 13.0 Å². The van der Waals surface area contributed by atoms with Gasteiger partial charge in [0.05, 0.1) is 13.3 Å². The van der Waals surface area contributed by atoms with Crippen LogP contribution in [0.25, 0.3) is 0 Å². The average molecular weight is 182 g/mol. The largest absolute Gasteiger partial charge is 0.491 e. The lowest BCUT2D eigenvalue weighted by atomic mass is 10.3. The number of hydrogen-bond donors (Lipinski definition) is 2. The summed E-state index contributed by atoms with van der Waals surface area (Å²) in [5, 5.41) is 3.06. The van der Waals surface area contributed by atoms with Gasteiger partial charge in [-0.25, -0.2) is 9.97 Å². The fraction of sp³-hybridized carbons (Fsp3) is 0.500. The minimum absolute atomic E-state index is 0.0830. The van der Waals surface area contributed by atoms with E-state index in [9.17, 15) is 0 Å². The van der Waals surface area contributed by atoms with E-state index >= 15 is 0 Å². The van der Waals surface area contributed by atoms with E-state index in [0.29, 0.717) is 18.1 Å². The molecule has 1 rings (SSSR count). The minimum atomic E-state index is 0.0830. The zero-order chi connectivity index (χ0) is 9.68. The van der Waals surface area contributed by atoms with Gasteiger partial charge in [0, 0.05) is 12.6 Å². The maximum Gasteiger partial charge on any atom is 0.179 e. The highest BCUT2D eigenvalue weighted by Gasteiger charge is 2.03. The molecular weight excluding hydrogens is 168 g/mol. The van der Waals surface area contributed by atoms with Crippen LogP contribution < -0.4 is 15.8 Å². The van der Waals surface area contributed by atoms with Crippen LogP contribution in [0.4, 0.5) is 5.82 Å². The second-order valence-corrected chi connectivity index (χ2v) is 2.80. The molecule has 0 aliphatic rings. The summed E-state index contributed by atoms with van der Waals surface area (Å²) >= 11 is 0. The van der Waals surface area contributed by atoms with Gasteiger partial charge in [0.25, 0.3) is 0 Å². The maximum atomic E-state index is 5.59. The summed E-state index contributed by atoms with van der Waals surface area (Å²) in [4.78, 5) is 7.85. The lowest BCUT2D eigenvalue weighted by Crippen LogP contribution is -2.25. The number of nitrogens with two attached hydrogens (primary N) is 1. The van der Waals surface area contributed by atoms with Crippen LogP contribution in [0.1, 0.15) is 6.92 Å². The quantitative estimate of drug-likeness (QED) is 0.698. The Balaban J connectivity index is 2.64. The van der Waals surface area contributed by atoms with E-state index < -0.39 is 0 Å². The Morgan fingerprint density at radius 1 is 1.69 bits per heavy atom. The molecule has 0 aromatic carbocycles. The third-order valence-corrected chi connectivity index (χ3v) is 1.49. The molecule has 1 unspecified atom stereocenters. The minimum Gasteiger partial charge on any atom is -0.491 e. The lowest BCUT2D eigenvalue weighted by Gasteiger charge is -2.10. The van der Waals surface area contributed by atoms with Crippen molar-refractivity contribution in [3.63, 3.8) is 0 Å². The summed E-state index contributed by atoms with van der Waals surface area (Å²) in [7, 11) is 1.58. The van der Waals surface area contributed by atoms with Crippen molar-refractivity contribution in [3.8, 4) is 5.75 Å². The monoisotopic (exact) mass is 182 g/mol. The van der Waals surface area contributed by atoms with Gasteiger partial charge >= 0.3 is 0 Å². The van der Waals surface area contributed by atoms with E-state index in [0.717, 1.165) is 0 Å². The smallest absolute Gasteiger partial charge is 0.179 e. The van der Waals surface area contributed by atoms with Crippen molar-refractivity contribution in [2.75, 3.05) is 19.0 Å². The van der Waals surface area contributed by atoms with E-state index in [1.165, 1.54) is 6.33 Å². The number of anilines is 1. The summed E-state index contributed by atoms with van der Waals surface area (Å²) in [5.74, 6) is 1.30. The SMILES string of the molecule is COc1cncnc1NCC(C)N. The van der Waals surface area contributed by atoms with Gasteiger partial charge in [-0.1, -0.05) is 0 Å². The van der Waals surface area contributed by atoms with Crippen molar-refractivity contribution < 1.29 is 4.74 Å². The van der Waals surface area contributed by atoms with Crippen LogP contribution in [0.5, 0.6) is 5.75 Å². The van der Waals surface area contributed by atoms with Crippen LogP contribution in [-0.4, -0.2) is 29.7 Å². The van der Waals surface area contributed by atoms with Gasteiger partial charge in [-0.05, 0) is 6.92 Å². The van der Waals surface area contributed by atoms with Crippen LogP contribution in [0, 0.1) is 0 Å². The third-order valence-electron chi connectivity index (χ3n) is 1.49. The summed E-state index contributed by atoms with van der Waals surface area (Å²) in [5.41, 5.74) is 5.59. The first-order valence-corrected chi connectivity index (χ1v) is 4.07. The summed E-state index contributed by atoms with van der Waals surface area (Å²) in [6.45, 7) is 2.58. The normalized spacial score (nSPS) is 12.2. The van der Waals surface area contributed by atoms with Crippen LogP contribution in [0.3, 0.4) is 0 Å². The van der Waals surface area contributed by atoms with Crippen molar-refractivity contribution in [1.82, 2.24) is 9.97 Å². The highest BCUT2D eigenvalue weighted by atomic mass is 16.5. The highest BCUT2D eigenvalue weighted by Crippen LogP contribution is 2.17. The van der Waals surface area contributed by atoms with Gasteiger partial charge in [0.1, 0.15) is 6.33 Å². The maximum absolute atomic E-state index is 5.59. The molecule has 1 aromatic heterocycles. The lowest BCUT2D eigenvalue weighted by molar-refractivity contribution is 0.412. The average Bonchev–Trinajstić information content (AvgIpc) is 2.15. The Morgan fingerprint density at radius 3 is 3.08 bits per heavy atom. The fourth-order valence-electron chi connectivity index (χ4n) is 0.857. The third kappa shape index (κ3) is 2.87. The van der Waals surface area contributed by atoms with Gasteiger partial charge in [0.15, 0.2) is 11.6 Å². The van der Waals surface area contributed by atoms with Gasteiger partial charge < -0.3 is 15.8 Å². The fourth-order valence-corrected chi connectivity index (χ4v) is 0.857. The zero-order valence-corrected chi connectivity index (χ0v) is 7.82. The van der Waals surface area contributed by atoms with E-state index in [-0.39, 0.29) is 6.04 Å². The number of aromatic nitrogens is 2. The molecule has 0 bridgehead atoms. The molecule has 0 amide bonds. The number of nitrogens with zero attached hydrogens (tertiary/aromatic N) is 2. The number of hydrogen-bond acceptors (Lipinski definition) is 5. The molecule has 5 nitrogen and oxygen atoms in total. The highest BCUT2D eigenvalue weighted by molar-refractivity contribution is 5.47. The first-order chi connectivity index (χ1) is 6.24. The summed E-state index contributed by atoms with van der Waals surface area (Å²) in [6.07, 6.45) is 3.07. The zero-order valence-electron chi connectivity index (χ0n) is 7.82. The summed E-state index contributed by atoms with van der Waals surface area (Å²) < 4.78 is 5.05. The number of ether oxygens (including phenoxy) is 1. The molecule has 0 aliphatic carbocycles. The van der Waals surface area contributed by atoms with Gasteiger partial charge in [-0.2, -0.15) is 0 Å². The van der Waals surface area contributed by atoms with Gasteiger partial charge in [-0.15, -0.1) is 0 Å². The Hall–Kier alpha value is -1.36. The van der Waals surface area contributed by atoms with Crippen molar-refractivity contribution >= 4 is 5.82 Å². The molecule has 1 aromatic rings. The second-order valence-electron chi connectivity index (χ2n) is 2.80. The first kappa shape index (κ1) is 9.73. The predicted molar refractivity (Wildman–Crippen MR) is 50.7 cm³/mol. The first-order valence-electron chi connectivity index (χ1n) is 4.07. The van der Waals surface area contributed by atoms with E-state index in [4.69, 9.17) is 10.5 Å². The molecule has 0 saturated carbocycles. The molecule has 0 aliphatic heterocycles. The van der Waals surface area contributed by atoms with Crippen LogP contribution in [-0.2, 0) is 0 Å². The van der Waals surface area contributed by atoms with E-state index in [1.807, 2.05) is 6.92 Å². The molecule has 0 fully saturated rings. The van der Waals surface area contributed by atoms with Crippen molar-refractivity contribution in [2.24, 2.45) is 5.73 Å². The molecule has 0 spiro atoms. The van der Waals surface area contributed by atoms with E-state index in [2.05, 4.69) is 15.3 Å². The van der Waals surface area contributed by atoms with Crippen LogP contribution >= 0.6 is 0 Å².